The number of sulfonamides is 1. The van der Waals surface area contributed by atoms with Crippen molar-refractivity contribution < 1.29 is 18.3 Å². The first-order valence-electron chi connectivity index (χ1n) is 5.14. The Balaban J connectivity index is 2.71. The van der Waals surface area contributed by atoms with Crippen molar-refractivity contribution in [2.75, 3.05) is 6.54 Å². The van der Waals surface area contributed by atoms with Gasteiger partial charge in [-0.05, 0) is 24.6 Å². The Morgan fingerprint density at radius 3 is 2.44 bits per heavy atom. The highest BCUT2D eigenvalue weighted by Gasteiger charge is 2.10. The summed E-state index contributed by atoms with van der Waals surface area (Å²) in [5, 5.41) is 8.71. The predicted octanol–water partition coefficient (Wildman–Crippen LogP) is 0.827. The lowest BCUT2D eigenvalue weighted by Crippen LogP contribution is -2.25. The van der Waals surface area contributed by atoms with E-state index < -0.39 is 16.0 Å². The quantitative estimate of drug-likeness (QED) is 0.774. The Hall–Kier alpha value is -1.84. The molecule has 1 aromatic carbocycles. The SMILES string of the molecule is CC#CCNS(=O)(=O)Cc1ccc(C(=O)O)cc1. The van der Waals surface area contributed by atoms with Gasteiger partial charge < -0.3 is 5.11 Å². The Bertz CT molecular complexity index is 579. The molecule has 0 aromatic heterocycles. The van der Waals surface area contributed by atoms with Gasteiger partial charge in [0.25, 0.3) is 0 Å². The fraction of sp³-hybridized carbons (Fsp3) is 0.250. The number of carboxylic acids is 1. The summed E-state index contributed by atoms with van der Waals surface area (Å²) in [6.45, 7) is 1.70. The molecule has 0 fully saturated rings. The van der Waals surface area contributed by atoms with Crippen molar-refractivity contribution in [2.24, 2.45) is 0 Å². The van der Waals surface area contributed by atoms with Crippen LogP contribution in [-0.2, 0) is 15.8 Å². The fourth-order valence-electron chi connectivity index (χ4n) is 1.25. The van der Waals surface area contributed by atoms with Crippen molar-refractivity contribution in [2.45, 2.75) is 12.7 Å². The van der Waals surface area contributed by atoms with Gasteiger partial charge in [-0.3, -0.25) is 0 Å². The molecule has 5 nitrogen and oxygen atoms in total. The zero-order chi connectivity index (χ0) is 13.6. The van der Waals surface area contributed by atoms with Gasteiger partial charge in [-0.25, -0.2) is 17.9 Å². The van der Waals surface area contributed by atoms with E-state index in [9.17, 15) is 13.2 Å². The van der Waals surface area contributed by atoms with Crippen molar-refractivity contribution in [3.63, 3.8) is 0 Å². The van der Waals surface area contributed by atoms with Crippen LogP contribution >= 0.6 is 0 Å². The van der Waals surface area contributed by atoms with E-state index in [2.05, 4.69) is 16.6 Å². The molecule has 96 valence electrons. The zero-order valence-corrected chi connectivity index (χ0v) is 10.6. The standard InChI is InChI=1S/C12H13NO4S/c1-2-3-8-13-18(16,17)9-10-4-6-11(7-5-10)12(14)15/h4-7,13H,8-9H2,1H3,(H,14,15). The molecule has 1 rings (SSSR count). The molecule has 6 heteroatoms. The third-order valence-corrected chi connectivity index (χ3v) is 3.41. The Morgan fingerprint density at radius 1 is 1.33 bits per heavy atom. The van der Waals surface area contributed by atoms with E-state index in [1.165, 1.54) is 24.3 Å². The minimum Gasteiger partial charge on any atom is -0.478 e. The van der Waals surface area contributed by atoms with E-state index >= 15 is 0 Å². The second-order valence-electron chi connectivity index (χ2n) is 3.51. The molecule has 0 amide bonds. The van der Waals surface area contributed by atoms with E-state index in [-0.39, 0.29) is 17.9 Å². The molecule has 1 aromatic rings. The van der Waals surface area contributed by atoms with Crippen molar-refractivity contribution in [1.82, 2.24) is 4.72 Å². The average molecular weight is 267 g/mol. The van der Waals surface area contributed by atoms with Crippen LogP contribution in [0.15, 0.2) is 24.3 Å². The van der Waals surface area contributed by atoms with E-state index in [1.54, 1.807) is 6.92 Å². The summed E-state index contributed by atoms with van der Waals surface area (Å²) in [6.07, 6.45) is 0. The minimum absolute atomic E-state index is 0.0754. The van der Waals surface area contributed by atoms with Gasteiger partial charge >= 0.3 is 5.97 Å². The summed E-state index contributed by atoms with van der Waals surface area (Å²) in [6, 6.07) is 5.71. The topological polar surface area (TPSA) is 83.5 Å². The van der Waals surface area contributed by atoms with E-state index in [0.717, 1.165) is 0 Å². The third-order valence-electron chi connectivity index (χ3n) is 2.11. The van der Waals surface area contributed by atoms with Crippen molar-refractivity contribution >= 4 is 16.0 Å². The fourth-order valence-corrected chi connectivity index (χ4v) is 2.27. The molecule has 0 saturated carbocycles. The van der Waals surface area contributed by atoms with Gasteiger partial charge in [0.05, 0.1) is 17.9 Å². The van der Waals surface area contributed by atoms with Gasteiger partial charge in [0.1, 0.15) is 0 Å². The molecule has 0 spiro atoms. The van der Waals surface area contributed by atoms with Crippen LogP contribution in [0, 0.1) is 11.8 Å². The highest BCUT2D eigenvalue weighted by molar-refractivity contribution is 7.88. The third kappa shape index (κ3) is 4.57. The van der Waals surface area contributed by atoms with Crippen LogP contribution in [0.5, 0.6) is 0 Å². The number of hydrogen-bond acceptors (Lipinski definition) is 3. The Labute approximate surface area is 106 Å². The number of hydrogen-bond donors (Lipinski definition) is 2. The van der Waals surface area contributed by atoms with Crippen LogP contribution in [0.2, 0.25) is 0 Å². The molecule has 18 heavy (non-hydrogen) atoms. The molecule has 0 saturated heterocycles. The van der Waals surface area contributed by atoms with Crippen molar-refractivity contribution in [3.8, 4) is 11.8 Å². The molecule has 0 bridgehead atoms. The second-order valence-corrected chi connectivity index (χ2v) is 5.32. The van der Waals surface area contributed by atoms with Gasteiger partial charge in [-0.1, -0.05) is 18.1 Å². The first kappa shape index (κ1) is 14.2. The number of carbonyl (C=O) groups is 1. The predicted molar refractivity (Wildman–Crippen MR) is 67.5 cm³/mol. The largest absolute Gasteiger partial charge is 0.478 e. The summed E-state index contributed by atoms with van der Waals surface area (Å²) < 4.78 is 25.5. The van der Waals surface area contributed by atoms with Crippen LogP contribution in [0.1, 0.15) is 22.8 Å². The summed E-state index contributed by atoms with van der Waals surface area (Å²) >= 11 is 0. The maximum absolute atomic E-state index is 11.6. The first-order valence-corrected chi connectivity index (χ1v) is 6.79. The van der Waals surface area contributed by atoms with Crippen LogP contribution in [0.4, 0.5) is 0 Å². The molecule has 0 heterocycles. The Morgan fingerprint density at radius 2 is 1.94 bits per heavy atom. The molecule has 0 radical (unpaired) electrons. The second kappa shape index (κ2) is 6.19. The lowest BCUT2D eigenvalue weighted by atomic mass is 10.1. The summed E-state index contributed by atoms with van der Waals surface area (Å²) in [4.78, 5) is 10.6. The average Bonchev–Trinajstić information content (AvgIpc) is 2.29. The van der Waals surface area contributed by atoms with Crippen LogP contribution in [-0.4, -0.2) is 26.0 Å². The van der Waals surface area contributed by atoms with Crippen LogP contribution in [0.25, 0.3) is 0 Å². The number of carboxylic acid groups (broad SMARTS) is 1. The molecule has 2 N–H and O–H groups in total. The number of aromatic carboxylic acids is 1. The zero-order valence-electron chi connectivity index (χ0n) is 9.80. The Kier molecular flexibility index (Phi) is 4.89. The maximum atomic E-state index is 11.6. The summed E-state index contributed by atoms with van der Waals surface area (Å²) in [7, 11) is -3.44. The highest BCUT2D eigenvalue weighted by atomic mass is 32.2. The van der Waals surface area contributed by atoms with Gasteiger partial charge in [-0.15, -0.1) is 5.92 Å². The molecule has 0 aliphatic rings. The van der Waals surface area contributed by atoms with Crippen LogP contribution in [0.3, 0.4) is 0 Å². The summed E-state index contributed by atoms with van der Waals surface area (Å²) in [5.74, 6) is 3.94. The number of rotatable bonds is 5. The van der Waals surface area contributed by atoms with E-state index in [4.69, 9.17) is 5.11 Å². The van der Waals surface area contributed by atoms with Gasteiger partial charge in [0.2, 0.25) is 10.0 Å². The number of nitrogens with one attached hydrogen (secondary N) is 1. The van der Waals surface area contributed by atoms with Gasteiger partial charge in [0.15, 0.2) is 0 Å². The van der Waals surface area contributed by atoms with Gasteiger partial charge in [0, 0.05) is 0 Å². The molecular formula is C12H13NO4S. The lowest BCUT2D eigenvalue weighted by Gasteiger charge is -2.04. The lowest BCUT2D eigenvalue weighted by molar-refractivity contribution is 0.0697. The molecule has 0 atom stereocenters. The maximum Gasteiger partial charge on any atom is 0.335 e. The highest BCUT2D eigenvalue weighted by Crippen LogP contribution is 2.07. The summed E-state index contributed by atoms with van der Waals surface area (Å²) in [5.41, 5.74) is 0.651. The minimum atomic E-state index is -3.44. The monoisotopic (exact) mass is 267 g/mol. The number of benzene rings is 1. The molecular weight excluding hydrogens is 254 g/mol. The van der Waals surface area contributed by atoms with E-state index in [0.29, 0.717) is 5.56 Å². The van der Waals surface area contributed by atoms with Crippen LogP contribution < -0.4 is 4.72 Å². The van der Waals surface area contributed by atoms with Crippen molar-refractivity contribution in [3.05, 3.63) is 35.4 Å². The normalized spacial score (nSPS) is 10.5. The first-order chi connectivity index (χ1) is 8.44. The smallest absolute Gasteiger partial charge is 0.335 e. The molecule has 0 aliphatic heterocycles. The van der Waals surface area contributed by atoms with Crippen molar-refractivity contribution in [1.29, 1.82) is 0 Å². The van der Waals surface area contributed by atoms with Gasteiger partial charge in [-0.2, -0.15) is 0 Å². The van der Waals surface area contributed by atoms with E-state index in [1.807, 2.05) is 0 Å². The molecule has 0 aliphatic carbocycles. The molecule has 0 unspecified atom stereocenters.